The molecule has 0 saturated carbocycles. The SMILES string of the molecule is C=CC(O)CC(O)(CC(=O)O)c1ccccn1. The molecule has 3 N–H and O–H groups in total. The molecule has 5 heteroatoms. The standard InChI is InChI=1S/C12H15NO4/c1-2-9(14)7-12(17,8-11(15)16)10-5-3-4-6-13-10/h2-6,9,14,17H,1,7-8H2,(H,15,16). The second-order valence-corrected chi connectivity index (χ2v) is 3.82. The largest absolute Gasteiger partial charge is 0.481 e. The van der Waals surface area contributed by atoms with Crippen molar-refractivity contribution in [2.45, 2.75) is 24.5 Å². The van der Waals surface area contributed by atoms with Gasteiger partial charge in [-0.3, -0.25) is 9.78 Å². The topological polar surface area (TPSA) is 90.7 Å². The van der Waals surface area contributed by atoms with Crippen LogP contribution in [0.4, 0.5) is 0 Å². The summed E-state index contributed by atoms with van der Waals surface area (Å²) < 4.78 is 0. The van der Waals surface area contributed by atoms with Gasteiger partial charge in [0.05, 0.1) is 18.2 Å². The number of hydrogen-bond donors (Lipinski definition) is 3. The van der Waals surface area contributed by atoms with Gasteiger partial charge in [-0.25, -0.2) is 0 Å². The highest BCUT2D eigenvalue weighted by Gasteiger charge is 2.35. The summed E-state index contributed by atoms with van der Waals surface area (Å²) in [5.74, 6) is -1.16. The summed E-state index contributed by atoms with van der Waals surface area (Å²) >= 11 is 0. The molecule has 0 bridgehead atoms. The molecular weight excluding hydrogens is 222 g/mol. The lowest BCUT2D eigenvalue weighted by Crippen LogP contribution is -2.33. The molecular formula is C12H15NO4. The van der Waals surface area contributed by atoms with Gasteiger partial charge in [0.15, 0.2) is 0 Å². The van der Waals surface area contributed by atoms with Crippen LogP contribution in [-0.2, 0) is 10.4 Å². The Morgan fingerprint density at radius 2 is 2.29 bits per heavy atom. The van der Waals surface area contributed by atoms with Crippen molar-refractivity contribution in [3.05, 3.63) is 42.7 Å². The van der Waals surface area contributed by atoms with E-state index >= 15 is 0 Å². The summed E-state index contributed by atoms with van der Waals surface area (Å²) in [6.07, 6.45) is 1.05. The predicted molar refractivity (Wildman–Crippen MR) is 61.2 cm³/mol. The second-order valence-electron chi connectivity index (χ2n) is 3.82. The average molecular weight is 237 g/mol. The maximum absolute atomic E-state index is 10.8. The van der Waals surface area contributed by atoms with Gasteiger partial charge >= 0.3 is 5.97 Å². The number of pyridine rings is 1. The van der Waals surface area contributed by atoms with Gasteiger partial charge in [0, 0.05) is 12.6 Å². The van der Waals surface area contributed by atoms with Crippen molar-refractivity contribution in [3.63, 3.8) is 0 Å². The van der Waals surface area contributed by atoms with Crippen LogP contribution in [0.3, 0.4) is 0 Å². The van der Waals surface area contributed by atoms with Gasteiger partial charge in [0.2, 0.25) is 0 Å². The van der Waals surface area contributed by atoms with E-state index in [2.05, 4.69) is 11.6 Å². The van der Waals surface area contributed by atoms with Crippen LogP contribution in [-0.4, -0.2) is 32.4 Å². The Kier molecular flexibility index (Phi) is 4.37. The Bertz CT molecular complexity index is 393. The maximum Gasteiger partial charge on any atom is 0.306 e. The van der Waals surface area contributed by atoms with Gasteiger partial charge in [0.25, 0.3) is 0 Å². The van der Waals surface area contributed by atoms with E-state index in [1.807, 2.05) is 0 Å². The van der Waals surface area contributed by atoms with E-state index in [0.29, 0.717) is 0 Å². The molecule has 17 heavy (non-hydrogen) atoms. The molecule has 0 aliphatic heterocycles. The van der Waals surface area contributed by atoms with Gasteiger partial charge in [0.1, 0.15) is 5.60 Å². The molecule has 0 amide bonds. The summed E-state index contributed by atoms with van der Waals surface area (Å²) in [7, 11) is 0. The smallest absolute Gasteiger partial charge is 0.306 e. The van der Waals surface area contributed by atoms with E-state index in [1.165, 1.54) is 18.3 Å². The zero-order valence-corrected chi connectivity index (χ0v) is 9.28. The predicted octanol–water partition coefficient (Wildman–Crippen LogP) is 0.681. The van der Waals surface area contributed by atoms with Crippen LogP contribution >= 0.6 is 0 Å². The molecule has 0 aromatic carbocycles. The molecule has 92 valence electrons. The van der Waals surface area contributed by atoms with Crippen LogP contribution < -0.4 is 0 Å². The van der Waals surface area contributed by atoms with E-state index in [4.69, 9.17) is 5.11 Å². The number of carboxylic acid groups (broad SMARTS) is 1. The minimum atomic E-state index is -1.69. The Morgan fingerprint density at radius 3 is 2.76 bits per heavy atom. The molecule has 1 heterocycles. The zero-order chi connectivity index (χ0) is 12.9. The third-order valence-corrected chi connectivity index (χ3v) is 2.40. The highest BCUT2D eigenvalue weighted by Crippen LogP contribution is 2.28. The summed E-state index contributed by atoms with van der Waals surface area (Å²) in [5.41, 5.74) is -1.47. The van der Waals surface area contributed by atoms with Crippen LogP contribution in [0.15, 0.2) is 37.1 Å². The van der Waals surface area contributed by atoms with E-state index < -0.39 is 24.1 Å². The van der Waals surface area contributed by atoms with Crippen molar-refractivity contribution in [2.24, 2.45) is 0 Å². The van der Waals surface area contributed by atoms with Gasteiger partial charge in [-0.15, -0.1) is 6.58 Å². The molecule has 2 atom stereocenters. The summed E-state index contributed by atoms with van der Waals surface area (Å²) in [6.45, 7) is 3.39. The number of aliphatic hydroxyl groups excluding tert-OH is 1. The Hall–Kier alpha value is -1.72. The number of nitrogens with zero attached hydrogens (tertiary/aromatic N) is 1. The highest BCUT2D eigenvalue weighted by molar-refractivity contribution is 5.68. The minimum absolute atomic E-state index is 0.153. The fourth-order valence-electron chi connectivity index (χ4n) is 1.58. The van der Waals surface area contributed by atoms with Crippen molar-refractivity contribution in [3.8, 4) is 0 Å². The monoisotopic (exact) mass is 237 g/mol. The van der Waals surface area contributed by atoms with Gasteiger partial charge < -0.3 is 15.3 Å². The van der Waals surface area contributed by atoms with Crippen LogP contribution in [0.25, 0.3) is 0 Å². The molecule has 0 saturated heterocycles. The summed E-state index contributed by atoms with van der Waals surface area (Å²) in [4.78, 5) is 14.7. The van der Waals surface area contributed by atoms with Crippen LogP contribution in [0, 0.1) is 0 Å². The van der Waals surface area contributed by atoms with Crippen LogP contribution in [0.2, 0.25) is 0 Å². The number of carboxylic acids is 1. The number of aliphatic hydroxyl groups is 2. The van der Waals surface area contributed by atoms with Gasteiger partial charge in [-0.2, -0.15) is 0 Å². The quantitative estimate of drug-likeness (QED) is 0.633. The van der Waals surface area contributed by atoms with E-state index in [1.54, 1.807) is 12.1 Å². The zero-order valence-electron chi connectivity index (χ0n) is 9.28. The van der Waals surface area contributed by atoms with Crippen molar-refractivity contribution >= 4 is 5.97 Å². The Balaban J connectivity index is 3.01. The minimum Gasteiger partial charge on any atom is -0.481 e. The highest BCUT2D eigenvalue weighted by atomic mass is 16.4. The molecule has 0 aliphatic carbocycles. The third-order valence-electron chi connectivity index (χ3n) is 2.40. The average Bonchev–Trinajstić information content (AvgIpc) is 2.29. The van der Waals surface area contributed by atoms with E-state index in [-0.39, 0.29) is 12.1 Å². The van der Waals surface area contributed by atoms with Crippen molar-refractivity contribution in [1.82, 2.24) is 4.98 Å². The van der Waals surface area contributed by atoms with Crippen LogP contribution in [0.5, 0.6) is 0 Å². The third kappa shape index (κ3) is 3.65. The lowest BCUT2D eigenvalue weighted by atomic mass is 9.88. The lowest BCUT2D eigenvalue weighted by Gasteiger charge is -2.27. The van der Waals surface area contributed by atoms with Crippen LogP contribution in [0.1, 0.15) is 18.5 Å². The second kappa shape index (κ2) is 5.56. The van der Waals surface area contributed by atoms with Crippen molar-refractivity contribution < 1.29 is 20.1 Å². The molecule has 5 nitrogen and oxygen atoms in total. The molecule has 1 rings (SSSR count). The Morgan fingerprint density at radius 1 is 1.59 bits per heavy atom. The first-order chi connectivity index (χ1) is 7.98. The summed E-state index contributed by atoms with van der Waals surface area (Å²) in [5, 5.41) is 28.6. The first kappa shape index (κ1) is 13.3. The molecule has 0 radical (unpaired) electrons. The number of aliphatic carboxylic acids is 1. The molecule has 0 fully saturated rings. The van der Waals surface area contributed by atoms with Gasteiger partial charge in [-0.1, -0.05) is 12.1 Å². The number of carbonyl (C=O) groups is 1. The fourth-order valence-corrected chi connectivity index (χ4v) is 1.58. The number of aromatic nitrogens is 1. The van der Waals surface area contributed by atoms with E-state index in [9.17, 15) is 15.0 Å². The molecule has 1 aromatic heterocycles. The molecule has 0 aliphatic rings. The maximum atomic E-state index is 10.8. The number of rotatable bonds is 6. The number of hydrogen-bond acceptors (Lipinski definition) is 4. The summed E-state index contributed by atoms with van der Waals surface area (Å²) in [6, 6.07) is 4.84. The van der Waals surface area contributed by atoms with Crippen molar-refractivity contribution in [1.29, 1.82) is 0 Å². The van der Waals surface area contributed by atoms with Gasteiger partial charge in [-0.05, 0) is 12.1 Å². The molecule has 0 spiro atoms. The molecule has 2 unspecified atom stereocenters. The first-order valence-electron chi connectivity index (χ1n) is 5.14. The Labute approximate surface area is 99.1 Å². The molecule has 1 aromatic rings. The lowest BCUT2D eigenvalue weighted by molar-refractivity contribution is -0.144. The van der Waals surface area contributed by atoms with E-state index in [0.717, 1.165) is 0 Å². The normalized spacial score (nSPS) is 15.9. The fraction of sp³-hybridized carbons (Fsp3) is 0.333. The van der Waals surface area contributed by atoms with Crippen molar-refractivity contribution in [2.75, 3.05) is 0 Å². The first-order valence-corrected chi connectivity index (χ1v) is 5.14.